The van der Waals surface area contributed by atoms with Gasteiger partial charge in [-0.2, -0.15) is 15.0 Å². The van der Waals surface area contributed by atoms with E-state index < -0.39 is 0 Å². The van der Waals surface area contributed by atoms with Gasteiger partial charge in [0, 0.05) is 4.47 Å². The lowest BCUT2D eigenvalue weighted by molar-refractivity contribution is 0.624. The molecule has 0 unspecified atom stereocenters. The number of aromatic nitrogens is 3. The Balaban J connectivity index is 2.53. The van der Waals surface area contributed by atoms with Crippen molar-refractivity contribution in [1.29, 1.82) is 0 Å². The van der Waals surface area contributed by atoms with Gasteiger partial charge in [0.25, 0.3) is 0 Å². The zero-order chi connectivity index (χ0) is 9.26. The quantitative estimate of drug-likeness (QED) is 0.767. The van der Waals surface area contributed by atoms with Crippen molar-refractivity contribution >= 4 is 15.9 Å². The van der Waals surface area contributed by atoms with Crippen LogP contribution in [0.1, 0.15) is 0 Å². The van der Waals surface area contributed by atoms with Crippen molar-refractivity contribution in [2.24, 2.45) is 0 Å². The van der Waals surface area contributed by atoms with E-state index in [9.17, 15) is 4.39 Å². The summed E-state index contributed by atoms with van der Waals surface area (Å²) in [4.78, 5) is 1.42. The molecule has 0 atom stereocenters. The molecule has 0 spiro atoms. The Morgan fingerprint density at radius 3 is 2.54 bits per heavy atom. The summed E-state index contributed by atoms with van der Waals surface area (Å²) in [5.41, 5.74) is 0.714. The van der Waals surface area contributed by atoms with Gasteiger partial charge in [-0.25, -0.2) is 4.39 Å². The fraction of sp³-hybridized carbons (Fsp3) is 0. The summed E-state index contributed by atoms with van der Waals surface area (Å²) in [5, 5.41) is 7.86. The van der Waals surface area contributed by atoms with Crippen LogP contribution in [0.15, 0.2) is 35.1 Å². The van der Waals surface area contributed by atoms with E-state index >= 15 is 0 Å². The van der Waals surface area contributed by atoms with Crippen LogP contribution in [0.2, 0.25) is 0 Å². The molecule has 3 nitrogen and oxygen atoms in total. The van der Waals surface area contributed by atoms with Crippen molar-refractivity contribution in [1.82, 2.24) is 15.0 Å². The molecule has 0 aliphatic heterocycles. The van der Waals surface area contributed by atoms with Gasteiger partial charge in [0.05, 0.1) is 12.4 Å². The van der Waals surface area contributed by atoms with Gasteiger partial charge in [-0.3, -0.25) is 0 Å². The third-order valence-electron chi connectivity index (χ3n) is 1.54. The van der Waals surface area contributed by atoms with Crippen LogP contribution < -0.4 is 0 Å². The smallest absolute Gasteiger partial charge is 0.124 e. The van der Waals surface area contributed by atoms with Gasteiger partial charge in [0.2, 0.25) is 0 Å². The van der Waals surface area contributed by atoms with Crippen molar-refractivity contribution in [2.45, 2.75) is 0 Å². The second-order valence-corrected chi connectivity index (χ2v) is 3.27. The summed E-state index contributed by atoms with van der Waals surface area (Å²) in [5.74, 6) is -0.289. The van der Waals surface area contributed by atoms with Gasteiger partial charge < -0.3 is 0 Å². The molecule has 0 saturated carbocycles. The topological polar surface area (TPSA) is 30.7 Å². The van der Waals surface area contributed by atoms with E-state index in [1.54, 1.807) is 18.5 Å². The SMILES string of the molecule is Fc1ccc(-n2nccn2)c(Br)c1. The molecule has 0 amide bonds. The van der Waals surface area contributed by atoms with Crippen molar-refractivity contribution in [3.8, 4) is 5.69 Å². The third kappa shape index (κ3) is 1.60. The minimum atomic E-state index is -0.289. The number of nitrogens with zero attached hydrogens (tertiary/aromatic N) is 3. The molecular formula is C8H5BrFN3. The van der Waals surface area contributed by atoms with Crippen LogP contribution in [0, 0.1) is 5.82 Å². The normalized spacial score (nSPS) is 10.3. The average Bonchev–Trinajstić information content (AvgIpc) is 2.56. The highest BCUT2D eigenvalue weighted by Crippen LogP contribution is 2.20. The Kier molecular flexibility index (Phi) is 2.10. The van der Waals surface area contributed by atoms with E-state index in [1.165, 1.54) is 16.9 Å². The summed E-state index contributed by atoms with van der Waals surface area (Å²) in [6, 6.07) is 4.35. The maximum absolute atomic E-state index is 12.7. The highest BCUT2D eigenvalue weighted by molar-refractivity contribution is 9.10. The summed E-state index contributed by atoms with van der Waals surface area (Å²) in [6.07, 6.45) is 3.13. The van der Waals surface area contributed by atoms with Crippen LogP contribution >= 0.6 is 15.9 Å². The van der Waals surface area contributed by atoms with Gasteiger partial charge in [-0.05, 0) is 34.1 Å². The minimum absolute atomic E-state index is 0.289. The number of rotatable bonds is 1. The number of hydrogen-bond acceptors (Lipinski definition) is 2. The fourth-order valence-corrected chi connectivity index (χ4v) is 1.49. The lowest BCUT2D eigenvalue weighted by Gasteiger charge is -2.01. The zero-order valence-electron chi connectivity index (χ0n) is 6.48. The Morgan fingerprint density at radius 2 is 1.92 bits per heavy atom. The predicted octanol–water partition coefficient (Wildman–Crippen LogP) is 2.17. The number of halogens is 2. The summed E-state index contributed by atoms with van der Waals surface area (Å²) in [6.45, 7) is 0. The Hall–Kier alpha value is -1.23. The van der Waals surface area contributed by atoms with Gasteiger partial charge >= 0.3 is 0 Å². The van der Waals surface area contributed by atoms with Crippen LogP contribution in [-0.2, 0) is 0 Å². The van der Waals surface area contributed by atoms with Crippen molar-refractivity contribution in [2.75, 3.05) is 0 Å². The molecule has 0 aliphatic rings. The monoisotopic (exact) mass is 241 g/mol. The van der Waals surface area contributed by atoms with E-state index in [2.05, 4.69) is 26.1 Å². The first-order valence-electron chi connectivity index (χ1n) is 3.59. The average molecular weight is 242 g/mol. The zero-order valence-corrected chi connectivity index (χ0v) is 8.07. The van der Waals surface area contributed by atoms with Crippen LogP contribution in [0.25, 0.3) is 5.69 Å². The summed E-state index contributed by atoms with van der Waals surface area (Å²) >= 11 is 3.23. The second kappa shape index (κ2) is 3.26. The summed E-state index contributed by atoms with van der Waals surface area (Å²) < 4.78 is 13.3. The van der Waals surface area contributed by atoms with Crippen LogP contribution in [0.3, 0.4) is 0 Å². The summed E-state index contributed by atoms with van der Waals surface area (Å²) in [7, 11) is 0. The molecule has 0 bridgehead atoms. The van der Waals surface area contributed by atoms with Gasteiger partial charge in [-0.15, -0.1) is 0 Å². The van der Waals surface area contributed by atoms with Crippen LogP contribution in [-0.4, -0.2) is 15.0 Å². The molecule has 1 aromatic carbocycles. The predicted molar refractivity (Wildman–Crippen MR) is 49.0 cm³/mol. The van der Waals surface area contributed by atoms with Crippen molar-refractivity contribution in [3.05, 3.63) is 40.9 Å². The highest BCUT2D eigenvalue weighted by Gasteiger charge is 2.03. The Bertz CT molecular complexity index is 413. The lowest BCUT2D eigenvalue weighted by atomic mass is 10.3. The molecular weight excluding hydrogens is 237 g/mol. The van der Waals surface area contributed by atoms with E-state index in [4.69, 9.17) is 0 Å². The largest absolute Gasteiger partial charge is 0.207 e. The molecule has 66 valence electrons. The minimum Gasteiger partial charge on any atom is -0.207 e. The first kappa shape index (κ1) is 8.37. The molecule has 0 aliphatic carbocycles. The van der Waals surface area contributed by atoms with E-state index in [1.807, 2.05) is 0 Å². The van der Waals surface area contributed by atoms with Gasteiger partial charge in [0.1, 0.15) is 11.5 Å². The maximum Gasteiger partial charge on any atom is 0.124 e. The lowest BCUT2D eigenvalue weighted by Crippen LogP contribution is -1.99. The van der Waals surface area contributed by atoms with Crippen LogP contribution in [0.4, 0.5) is 4.39 Å². The number of hydrogen-bond donors (Lipinski definition) is 0. The molecule has 1 aromatic heterocycles. The highest BCUT2D eigenvalue weighted by atomic mass is 79.9. The molecule has 0 saturated heterocycles. The van der Waals surface area contributed by atoms with E-state index in [-0.39, 0.29) is 5.82 Å². The Labute approximate surface area is 82.3 Å². The van der Waals surface area contributed by atoms with E-state index in [0.717, 1.165) is 0 Å². The molecule has 13 heavy (non-hydrogen) atoms. The molecule has 0 fully saturated rings. The molecule has 1 heterocycles. The van der Waals surface area contributed by atoms with Crippen molar-refractivity contribution in [3.63, 3.8) is 0 Å². The third-order valence-corrected chi connectivity index (χ3v) is 2.18. The molecule has 0 radical (unpaired) electrons. The first-order valence-corrected chi connectivity index (χ1v) is 4.38. The molecule has 2 aromatic rings. The standard InChI is InChI=1S/C8H5BrFN3/c9-7-5-6(10)1-2-8(7)13-11-3-4-12-13/h1-5H. The fourth-order valence-electron chi connectivity index (χ4n) is 0.984. The van der Waals surface area contributed by atoms with E-state index in [0.29, 0.717) is 10.2 Å². The van der Waals surface area contributed by atoms with Crippen molar-refractivity contribution < 1.29 is 4.39 Å². The first-order chi connectivity index (χ1) is 6.27. The molecule has 2 rings (SSSR count). The Morgan fingerprint density at radius 1 is 1.23 bits per heavy atom. The number of benzene rings is 1. The second-order valence-electron chi connectivity index (χ2n) is 2.41. The van der Waals surface area contributed by atoms with Crippen LogP contribution in [0.5, 0.6) is 0 Å². The maximum atomic E-state index is 12.7. The van der Waals surface area contributed by atoms with Gasteiger partial charge in [0.15, 0.2) is 0 Å². The molecule has 5 heteroatoms. The molecule has 0 N–H and O–H groups in total. The van der Waals surface area contributed by atoms with Gasteiger partial charge in [-0.1, -0.05) is 0 Å².